The van der Waals surface area contributed by atoms with E-state index in [1.54, 1.807) is 0 Å². The zero-order valence-corrected chi connectivity index (χ0v) is 14.7. The van der Waals surface area contributed by atoms with Crippen molar-refractivity contribution in [2.45, 2.75) is 5.92 Å². The maximum Gasteiger partial charge on any atom is 0.282 e. The SMILES string of the molecule is O=C(NNC(=O)C(c1ccccc1)c1ccccc1)c1ccccc1[N+](=O)[O-]. The molecule has 0 fully saturated rings. The average Bonchev–Trinajstić information content (AvgIpc) is 2.73. The van der Waals surface area contributed by atoms with Gasteiger partial charge in [0.1, 0.15) is 5.56 Å². The van der Waals surface area contributed by atoms with Crippen LogP contribution in [0.25, 0.3) is 0 Å². The molecule has 3 aromatic rings. The van der Waals surface area contributed by atoms with Gasteiger partial charge >= 0.3 is 0 Å². The van der Waals surface area contributed by atoms with Crippen LogP contribution in [0, 0.1) is 10.1 Å². The number of hydrogen-bond acceptors (Lipinski definition) is 4. The van der Waals surface area contributed by atoms with Crippen molar-refractivity contribution in [3.05, 3.63) is 112 Å². The highest BCUT2D eigenvalue weighted by molar-refractivity contribution is 5.99. The Morgan fingerprint density at radius 2 is 1.25 bits per heavy atom. The van der Waals surface area contributed by atoms with Gasteiger partial charge in [0, 0.05) is 6.07 Å². The predicted octanol–water partition coefficient (Wildman–Crippen LogP) is 3.19. The Kier molecular flexibility index (Phi) is 5.76. The Morgan fingerprint density at radius 3 is 1.79 bits per heavy atom. The number of carbonyl (C=O) groups is 2. The average molecular weight is 375 g/mol. The fraction of sp³-hybridized carbons (Fsp3) is 0.0476. The largest absolute Gasteiger partial charge is 0.282 e. The van der Waals surface area contributed by atoms with Gasteiger partial charge in [-0.1, -0.05) is 72.8 Å². The van der Waals surface area contributed by atoms with E-state index < -0.39 is 22.7 Å². The second-order valence-electron chi connectivity index (χ2n) is 5.97. The van der Waals surface area contributed by atoms with E-state index in [1.165, 1.54) is 24.3 Å². The van der Waals surface area contributed by atoms with E-state index in [9.17, 15) is 19.7 Å². The summed E-state index contributed by atoms with van der Waals surface area (Å²) >= 11 is 0. The van der Waals surface area contributed by atoms with Gasteiger partial charge in [0.25, 0.3) is 11.6 Å². The van der Waals surface area contributed by atoms with Crippen molar-refractivity contribution in [2.75, 3.05) is 0 Å². The van der Waals surface area contributed by atoms with Crippen LogP contribution in [0.15, 0.2) is 84.9 Å². The monoisotopic (exact) mass is 375 g/mol. The van der Waals surface area contributed by atoms with Crippen molar-refractivity contribution in [1.29, 1.82) is 0 Å². The van der Waals surface area contributed by atoms with E-state index in [2.05, 4.69) is 10.9 Å². The van der Waals surface area contributed by atoms with E-state index in [4.69, 9.17) is 0 Å². The highest BCUT2D eigenvalue weighted by Gasteiger charge is 2.24. The van der Waals surface area contributed by atoms with Gasteiger partial charge in [-0.2, -0.15) is 0 Å². The second-order valence-corrected chi connectivity index (χ2v) is 5.97. The van der Waals surface area contributed by atoms with Gasteiger partial charge < -0.3 is 0 Å². The van der Waals surface area contributed by atoms with Crippen molar-refractivity contribution in [1.82, 2.24) is 10.9 Å². The van der Waals surface area contributed by atoms with Gasteiger partial charge in [0.05, 0.1) is 10.8 Å². The quantitative estimate of drug-likeness (QED) is 0.528. The zero-order valence-electron chi connectivity index (χ0n) is 14.7. The van der Waals surface area contributed by atoms with E-state index in [-0.39, 0.29) is 11.3 Å². The smallest absolute Gasteiger partial charge is 0.272 e. The van der Waals surface area contributed by atoms with Crippen molar-refractivity contribution < 1.29 is 14.5 Å². The molecule has 3 rings (SSSR count). The summed E-state index contributed by atoms with van der Waals surface area (Å²) in [5.41, 5.74) is 5.69. The molecule has 0 spiro atoms. The lowest BCUT2D eigenvalue weighted by molar-refractivity contribution is -0.385. The Morgan fingerprint density at radius 1 is 0.750 bits per heavy atom. The van der Waals surface area contributed by atoms with Crippen LogP contribution in [0.3, 0.4) is 0 Å². The molecular weight excluding hydrogens is 358 g/mol. The van der Waals surface area contributed by atoms with Gasteiger partial charge in [-0.15, -0.1) is 0 Å². The first-order chi connectivity index (χ1) is 13.6. The number of carbonyl (C=O) groups excluding carboxylic acids is 2. The summed E-state index contributed by atoms with van der Waals surface area (Å²) in [6.07, 6.45) is 0. The molecule has 0 heterocycles. The number of nitro benzene ring substituents is 1. The fourth-order valence-electron chi connectivity index (χ4n) is 2.87. The number of nitrogens with zero attached hydrogens (tertiary/aromatic N) is 1. The van der Waals surface area contributed by atoms with E-state index >= 15 is 0 Å². The molecule has 3 aromatic carbocycles. The van der Waals surface area contributed by atoms with Crippen LogP contribution in [0.5, 0.6) is 0 Å². The molecule has 0 unspecified atom stereocenters. The lowest BCUT2D eigenvalue weighted by atomic mass is 9.91. The molecule has 0 aliphatic rings. The highest BCUT2D eigenvalue weighted by Crippen LogP contribution is 2.24. The third-order valence-corrected chi connectivity index (χ3v) is 4.17. The molecular formula is C21H17N3O4. The third kappa shape index (κ3) is 4.21. The van der Waals surface area contributed by atoms with Crippen LogP contribution in [0.4, 0.5) is 5.69 Å². The summed E-state index contributed by atoms with van der Waals surface area (Å²) in [6, 6.07) is 23.8. The summed E-state index contributed by atoms with van der Waals surface area (Å²) in [5.74, 6) is -1.86. The van der Waals surface area contributed by atoms with Crippen LogP contribution < -0.4 is 10.9 Å². The summed E-state index contributed by atoms with van der Waals surface area (Å²) in [7, 11) is 0. The molecule has 0 saturated heterocycles. The number of benzene rings is 3. The van der Waals surface area contributed by atoms with Crippen molar-refractivity contribution in [3.8, 4) is 0 Å². The number of hydrogen-bond donors (Lipinski definition) is 2. The van der Waals surface area contributed by atoms with Gasteiger partial charge in [-0.3, -0.25) is 30.6 Å². The Labute approximate surface area is 161 Å². The number of amides is 2. The third-order valence-electron chi connectivity index (χ3n) is 4.17. The second kappa shape index (κ2) is 8.59. The Bertz CT molecular complexity index is 951. The van der Waals surface area contributed by atoms with Crippen LogP contribution in [0.1, 0.15) is 27.4 Å². The molecule has 0 aliphatic carbocycles. The summed E-state index contributed by atoms with van der Waals surface area (Å²) in [5, 5.41) is 11.1. The van der Waals surface area contributed by atoms with Gasteiger partial charge in [0.2, 0.25) is 5.91 Å². The molecule has 140 valence electrons. The van der Waals surface area contributed by atoms with Crippen molar-refractivity contribution in [3.63, 3.8) is 0 Å². The standard InChI is InChI=1S/C21H17N3O4/c25-20(17-13-7-8-14-18(17)24(27)28)22-23-21(26)19(15-9-3-1-4-10-15)16-11-5-2-6-12-16/h1-14,19H,(H,22,25)(H,23,26). The molecule has 0 aliphatic heterocycles. The first-order valence-corrected chi connectivity index (χ1v) is 8.51. The van der Waals surface area contributed by atoms with Crippen LogP contribution in [-0.4, -0.2) is 16.7 Å². The number of para-hydroxylation sites is 1. The Hall–Kier alpha value is -4.00. The van der Waals surface area contributed by atoms with Crippen LogP contribution >= 0.6 is 0 Å². The maximum absolute atomic E-state index is 12.8. The van der Waals surface area contributed by atoms with Crippen molar-refractivity contribution >= 4 is 17.5 Å². The summed E-state index contributed by atoms with van der Waals surface area (Å²) in [6.45, 7) is 0. The number of rotatable bonds is 5. The predicted molar refractivity (Wildman–Crippen MR) is 103 cm³/mol. The topological polar surface area (TPSA) is 101 Å². The van der Waals surface area contributed by atoms with E-state index in [0.29, 0.717) is 0 Å². The zero-order chi connectivity index (χ0) is 19.9. The molecule has 0 aromatic heterocycles. The molecule has 2 N–H and O–H groups in total. The first kappa shape index (κ1) is 18.8. The minimum Gasteiger partial charge on any atom is -0.272 e. The highest BCUT2D eigenvalue weighted by atomic mass is 16.6. The number of nitrogens with one attached hydrogen (secondary N) is 2. The summed E-state index contributed by atoms with van der Waals surface area (Å²) in [4.78, 5) is 35.6. The minimum atomic E-state index is -0.763. The fourth-order valence-corrected chi connectivity index (χ4v) is 2.87. The maximum atomic E-state index is 12.8. The van der Waals surface area contributed by atoms with E-state index in [1.807, 2.05) is 60.7 Å². The minimum absolute atomic E-state index is 0.135. The molecule has 0 radical (unpaired) electrons. The number of hydrazine groups is 1. The Balaban J connectivity index is 1.80. The van der Waals surface area contributed by atoms with Gasteiger partial charge in [0.15, 0.2) is 0 Å². The summed E-state index contributed by atoms with van der Waals surface area (Å²) < 4.78 is 0. The lowest BCUT2D eigenvalue weighted by Gasteiger charge is -2.18. The lowest BCUT2D eigenvalue weighted by Crippen LogP contribution is -2.44. The van der Waals surface area contributed by atoms with Gasteiger partial charge in [-0.25, -0.2) is 0 Å². The molecule has 28 heavy (non-hydrogen) atoms. The molecule has 2 amide bonds. The van der Waals surface area contributed by atoms with Gasteiger partial charge in [-0.05, 0) is 17.2 Å². The molecule has 7 nitrogen and oxygen atoms in total. The van der Waals surface area contributed by atoms with E-state index in [0.717, 1.165) is 11.1 Å². The number of nitro groups is 1. The van der Waals surface area contributed by atoms with Crippen molar-refractivity contribution in [2.24, 2.45) is 0 Å². The molecule has 0 bridgehead atoms. The molecule has 0 atom stereocenters. The van der Waals surface area contributed by atoms with Crippen LogP contribution in [-0.2, 0) is 4.79 Å². The first-order valence-electron chi connectivity index (χ1n) is 8.51. The molecule has 0 saturated carbocycles. The normalized spacial score (nSPS) is 10.3. The van der Waals surface area contributed by atoms with Crippen LogP contribution in [0.2, 0.25) is 0 Å². The molecule has 7 heteroatoms.